The number of hydrogen-bond acceptors (Lipinski definition) is 4. The van der Waals surface area contributed by atoms with Crippen LogP contribution in [0.2, 0.25) is 0 Å². The molecule has 0 saturated carbocycles. The first kappa shape index (κ1) is 15.5. The second-order valence-corrected chi connectivity index (χ2v) is 6.87. The minimum Gasteiger partial charge on any atom is -0.469 e. The fraction of sp³-hybridized carbons (Fsp3) is 0.857. The summed E-state index contributed by atoms with van der Waals surface area (Å²) >= 11 is 1.96. The fourth-order valence-electron chi connectivity index (χ4n) is 2.77. The largest absolute Gasteiger partial charge is 0.469 e. The molecular weight excluding hydrogens is 276 g/mol. The number of piperidine rings is 1. The van der Waals surface area contributed by atoms with Gasteiger partial charge in [-0.1, -0.05) is 6.42 Å². The number of carbonyl (C=O) groups is 2. The molecule has 0 unspecified atom stereocenters. The minimum absolute atomic E-state index is 0.0134. The van der Waals surface area contributed by atoms with Gasteiger partial charge < -0.3 is 15.0 Å². The van der Waals surface area contributed by atoms with Crippen molar-refractivity contribution >= 4 is 23.8 Å². The Morgan fingerprint density at radius 3 is 2.60 bits per heavy atom. The summed E-state index contributed by atoms with van der Waals surface area (Å²) in [5.74, 6) is 1.02. The molecule has 2 heterocycles. The Bertz CT molecular complexity index is 337. The predicted octanol–water partition coefficient (Wildman–Crippen LogP) is 1.87. The molecule has 1 atom stereocenters. The van der Waals surface area contributed by atoms with Crippen LogP contribution in [0.5, 0.6) is 0 Å². The Kier molecular flexibility index (Phi) is 6.01. The van der Waals surface area contributed by atoms with E-state index in [1.807, 2.05) is 16.7 Å². The lowest BCUT2D eigenvalue weighted by molar-refractivity contribution is -0.146. The Hall–Kier alpha value is -0.910. The van der Waals surface area contributed by atoms with E-state index in [0.717, 1.165) is 6.54 Å². The van der Waals surface area contributed by atoms with E-state index >= 15 is 0 Å². The maximum Gasteiger partial charge on any atom is 0.317 e. The first-order chi connectivity index (χ1) is 9.70. The van der Waals surface area contributed by atoms with Gasteiger partial charge in [-0.15, -0.1) is 0 Å². The average molecular weight is 300 g/mol. The van der Waals surface area contributed by atoms with Crippen LogP contribution in [-0.4, -0.2) is 54.6 Å². The number of carbonyl (C=O) groups excluding carboxylic acids is 2. The van der Waals surface area contributed by atoms with Gasteiger partial charge in [0.05, 0.1) is 13.0 Å². The van der Waals surface area contributed by atoms with Crippen LogP contribution in [0.3, 0.4) is 0 Å². The molecule has 2 fully saturated rings. The summed E-state index contributed by atoms with van der Waals surface area (Å²) in [5.41, 5.74) is 0. The zero-order valence-electron chi connectivity index (χ0n) is 12.1. The Morgan fingerprint density at radius 1 is 1.25 bits per heavy atom. The minimum atomic E-state index is -0.149. The molecule has 0 aromatic carbocycles. The van der Waals surface area contributed by atoms with Crippen LogP contribution < -0.4 is 5.32 Å². The van der Waals surface area contributed by atoms with Crippen LogP contribution in [0.4, 0.5) is 4.79 Å². The highest BCUT2D eigenvalue weighted by Crippen LogP contribution is 2.24. The molecule has 114 valence electrons. The number of urea groups is 1. The first-order valence-electron chi connectivity index (χ1n) is 7.43. The molecule has 2 aliphatic rings. The third kappa shape index (κ3) is 4.30. The summed E-state index contributed by atoms with van der Waals surface area (Å²) in [4.78, 5) is 25.3. The summed E-state index contributed by atoms with van der Waals surface area (Å²) in [6, 6.07) is 0.0134. The lowest BCUT2D eigenvalue weighted by atomic mass is 9.97. The van der Waals surface area contributed by atoms with Gasteiger partial charge in [0.1, 0.15) is 0 Å². The number of rotatable bonds is 3. The zero-order chi connectivity index (χ0) is 14.4. The number of methoxy groups -OCH3 is 1. The number of thioether (sulfide) groups is 1. The Labute approximate surface area is 124 Å². The predicted molar refractivity (Wildman–Crippen MR) is 79.8 cm³/mol. The van der Waals surface area contributed by atoms with Crippen molar-refractivity contribution in [2.24, 2.45) is 5.92 Å². The summed E-state index contributed by atoms with van der Waals surface area (Å²) in [6.45, 7) is 2.05. The van der Waals surface area contributed by atoms with Crippen LogP contribution in [0.1, 0.15) is 32.1 Å². The normalized spacial score (nSPS) is 24.2. The van der Waals surface area contributed by atoms with E-state index in [4.69, 9.17) is 4.74 Å². The third-order valence-corrected chi connectivity index (χ3v) is 5.47. The van der Waals surface area contributed by atoms with Gasteiger partial charge in [0, 0.05) is 24.9 Å². The average Bonchev–Trinajstić information content (AvgIpc) is 2.53. The fourth-order valence-corrected chi connectivity index (χ4v) is 4.00. The van der Waals surface area contributed by atoms with Crippen molar-refractivity contribution in [3.63, 3.8) is 0 Å². The Morgan fingerprint density at radius 2 is 2.00 bits per heavy atom. The van der Waals surface area contributed by atoms with Crippen molar-refractivity contribution in [3.8, 4) is 0 Å². The molecule has 0 bridgehead atoms. The van der Waals surface area contributed by atoms with Crippen LogP contribution in [0.25, 0.3) is 0 Å². The van der Waals surface area contributed by atoms with Gasteiger partial charge in [-0.3, -0.25) is 4.79 Å². The highest BCUT2D eigenvalue weighted by Gasteiger charge is 2.28. The van der Waals surface area contributed by atoms with Gasteiger partial charge >= 0.3 is 12.0 Å². The zero-order valence-corrected chi connectivity index (χ0v) is 12.9. The maximum atomic E-state index is 12.1. The number of amides is 2. The van der Waals surface area contributed by atoms with E-state index in [1.165, 1.54) is 32.1 Å². The van der Waals surface area contributed by atoms with E-state index in [0.29, 0.717) is 31.2 Å². The summed E-state index contributed by atoms with van der Waals surface area (Å²) in [7, 11) is 1.42. The van der Waals surface area contributed by atoms with Gasteiger partial charge in [-0.25, -0.2) is 4.79 Å². The lowest BCUT2D eigenvalue weighted by Gasteiger charge is -2.31. The number of esters is 1. The number of ether oxygens (including phenoxy) is 1. The first-order valence-corrected chi connectivity index (χ1v) is 8.48. The molecule has 0 aliphatic carbocycles. The van der Waals surface area contributed by atoms with E-state index < -0.39 is 0 Å². The quantitative estimate of drug-likeness (QED) is 0.808. The van der Waals surface area contributed by atoms with Crippen LogP contribution in [0.15, 0.2) is 0 Å². The molecule has 0 aromatic heterocycles. The molecule has 2 amide bonds. The highest BCUT2D eigenvalue weighted by molar-refractivity contribution is 7.99. The molecule has 6 heteroatoms. The topological polar surface area (TPSA) is 58.6 Å². The van der Waals surface area contributed by atoms with Crippen molar-refractivity contribution in [3.05, 3.63) is 0 Å². The molecule has 0 spiro atoms. The molecule has 5 nitrogen and oxygen atoms in total. The standard InChI is InChI=1S/C14H24N2O3S/c1-19-13(17)11-5-7-16(8-6-11)14(18)15-10-12-4-2-3-9-20-12/h11-12H,2-10H2,1H3,(H,15,18)/t12-/m1/s1. The van der Waals surface area contributed by atoms with Crippen molar-refractivity contribution in [2.45, 2.75) is 37.4 Å². The smallest absolute Gasteiger partial charge is 0.317 e. The van der Waals surface area contributed by atoms with E-state index in [-0.39, 0.29) is 17.9 Å². The van der Waals surface area contributed by atoms with E-state index in [1.54, 1.807) is 0 Å². The molecule has 20 heavy (non-hydrogen) atoms. The van der Waals surface area contributed by atoms with Crippen LogP contribution >= 0.6 is 11.8 Å². The van der Waals surface area contributed by atoms with Crippen molar-refractivity contribution in [1.82, 2.24) is 10.2 Å². The SMILES string of the molecule is COC(=O)C1CCN(C(=O)NC[C@H]2CCCCS2)CC1. The number of likely N-dealkylation sites (tertiary alicyclic amines) is 1. The summed E-state index contributed by atoms with van der Waals surface area (Å²) in [5, 5.41) is 3.60. The second-order valence-electron chi connectivity index (χ2n) is 5.46. The maximum absolute atomic E-state index is 12.1. The molecule has 0 radical (unpaired) electrons. The molecule has 1 N–H and O–H groups in total. The molecule has 0 aromatic rings. The number of hydrogen-bond donors (Lipinski definition) is 1. The lowest BCUT2D eigenvalue weighted by Crippen LogP contribution is -2.47. The van der Waals surface area contributed by atoms with Crippen molar-refractivity contribution in [1.29, 1.82) is 0 Å². The van der Waals surface area contributed by atoms with Crippen molar-refractivity contribution in [2.75, 3.05) is 32.5 Å². The monoisotopic (exact) mass is 300 g/mol. The summed E-state index contributed by atoms with van der Waals surface area (Å²) in [6.07, 6.45) is 5.19. The van der Waals surface area contributed by atoms with Gasteiger partial charge in [-0.2, -0.15) is 11.8 Å². The molecule has 2 aliphatic heterocycles. The van der Waals surface area contributed by atoms with E-state index in [9.17, 15) is 9.59 Å². The Balaban J connectivity index is 1.67. The number of nitrogens with zero attached hydrogens (tertiary/aromatic N) is 1. The van der Waals surface area contributed by atoms with Crippen LogP contribution in [-0.2, 0) is 9.53 Å². The highest BCUT2D eigenvalue weighted by atomic mass is 32.2. The number of nitrogens with one attached hydrogen (secondary N) is 1. The van der Waals surface area contributed by atoms with Gasteiger partial charge in [0.25, 0.3) is 0 Å². The van der Waals surface area contributed by atoms with Gasteiger partial charge in [0.2, 0.25) is 0 Å². The third-order valence-electron chi connectivity index (χ3n) is 4.07. The second kappa shape index (κ2) is 7.76. The van der Waals surface area contributed by atoms with Crippen LogP contribution in [0, 0.1) is 5.92 Å². The van der Waals surface area contributed by atoms with E-state index in [2.05, 4.69) is 5.32 Å². The molecule has 2 saturated heterocycles. The van der Waals surface area contributed by atoms with Crippen molar-refractivity contribution < 1.29 is 14.3 Å². The molecular formula is C14H24N2O3S. The summed E-state index contributed by atoms with van der Waals surface area (Å²) < 4.78 is 4.75. The van der Waals surface area contributed by atoms with Gasteiger partial charge in [0.15, 0.2) is 0 Å². The molecule has 2 rings (SSSR count). The van der Waals surface area contributed by atoms with Gasteiger partial charge in [-0.05, 0) is 31.4 Å².